The highest BCUT2D eigenvalue weighted by Crippen LogP contribution is 2.29. The summed E-state index contributed by atoms with van der Waals surface area (Å²) in [5.74, 6) is 3.25. The zero-order valence-electron chi connectivity index (χ0n) is 14.9. The lowest BCUT2D eigenvalue weighted by atomic mass is 10.1. The fraction of sp³-hybridized carbons (Fsp3) is 0.333. The van der Waals surface area contributed by atoms with Gasteiger partial charge in [-0.25, -0.2) is 0 Å². The van der Waals surface area contributed by atoms with Crippen molar-refractivity contribution in [2.24, 2.45) is 0 Å². The summed E-state index contributed by atoms with van der Waals surface area (Å²) in [7, 11) is 1.98. The normalized spacial score (nSPS) is 12.7. The number of terminal acetylenes is 1. The minimum absolute atomic E-state index is 0.0879. The summed E-state index contributed by atoms with van der Waals surface area (Å²) in [5.41, 5.74) is 0.959. The maximum atomic E-state index is 12.7. The van der Waals surface area contributed by atoms with Gasteiger partial charge in [0.2, 0.25) is 0 Å². The van der Waals surface area contributed by atoms with E-state index >= 15 is 0 Å². The summed E-state index contributed by atoms with van der Waals surface area (Å²) in [4.78, 5) is 2.10. The highest BCUT2D eigenvalue weighted by molar-refractivity contribution is 5.29. The summed E-state index contributed by atoms with van der Waals surface area (Å²) in [6.07, 6.45) is 1.83. The van der Waals surface area contributed by atoms with Crippen molar-refractivity contribution >= 4 is 0 Å². The Balaban J connectivity index is 1.93. The third-order valence-corrected chi connectivity index (χ3v) is 4.21. The van der Waals surface area contributed by atoms with Crippen molar-refractivity contribution in [3.8, 4) is 18.1 Å². The predicted octanol–water partition coefficient (Wildman–Crippen LogP) is 4.78. The van der Waals surface area contributed by atoms with Crippen LogP contribution in [0.1, 0.15) is 23.6 Å². The Bertz CT molecular complexity index is 747. The van der Waals surface area contributed by atoms with Crippen LogP contribution in [0, 0.1) is 12.3 Å². The molecule has 2 rings (SSSR count). The van der Waals surface area contributed by atoms with E-state index in [2.05, 4.69) is 17.7 Å². The Hall–Kier alpha value is -2.45. The van der Waals surface area contributed by atoms with Crippen LogP contribution in [0.4, 0.5) is 13.2 Å². The summed E-state index contributed by atoms with van der Waals surface area (Å²) in [6, 6.07) is 13.1. The summed E-state index contributed by atoms with van der Waals surface area (Å²) >= 11 is 0. The van der Waals surface area contributed by atoms with E-state index in [1.807, 2.05) is 31.3 Å². The first-order valence-corrected chi connectivity index (χ1v) is 8.31. The van der Waals surface area contributed by atoms with Crippen LogP contribution in [-0.4, -0.2) is 24.5 Å². The van der Waals surface area contributed by atoms with Gasteiger partial charge >= 0.3 is 6.18 Å². The molecule has 0 bridgehead atoms. The van der Waals surface area contributed by atoms with Crippen molar-refractivity contribution in [3.05, 3.63) is 65.2 Å². The second-order valence-electron chi connectivity index (χ2n) is 6.30. The van der Waals surface area contributed by atoms with Gasteiger partial charge in [0.25, 0.3) is 0 Å². The summed E-state index contributed by atoms with van der Waals surface area (Å²) in [6.45, 7) is 2.79. The molecule has 1 atom stereocenters. The maximum absolute atomic E-state index is 12.7. The monoisotopic (exact) mass is 361 g/mol. The predicted molar refractivity (Wildman–Crippen MR) is 96.8 cm³/mol. The van der Waals surface area contributed by atoms with Crippen LogP contribution in [-0.2, 0) is 19.2 Å². The Kier molecular flexibility index (Phi) is 6.70. The van der Waals surface area contributed by atoms with E-state index in [0.29, 0.717) is 23.9 Å². The fourth-order valence-corrected chi connectivity index (χ4v) is 2.52. The van der Waals surface area contributed by atoms with E-state index in [9.17, 15) is 13.2 Å². The summed E-state index contributed by atoms with van der Waals surface area (Å²) < 4.78 is 43.8. The van der Waals surface area contributed by atoms with E-state index in [-0.39, 0.29) is 6.61 Å². The van der Waals surface area contributed by atoms with Gasteiger partial charge in [-0.15, -0.1) is 6.42 Å². The lowest BCUT2D eigenvalue weighted by Crippen LogP contribution is -2.31. The van der Waals surface area contributed by atoms with Crippen LogP contribution in [0.15, 0.2) is 48.5 Å². The third-order valence-electron chi connectivity index (χ3n) is 4.21. The quantitative estimate of drug-likeness (QED) is 0.658. The van der Waals surface area contributed by atoms with Gasteiger partial charge in [-0.3, -0.25) is 4.90 Å². The molecule has 138 valence electrons. The number of hydrogen-bond donors (Lipinski definition) is 0. The van der Waals surface area contributed by atoms with Gasteiger partial charge in [-0.1, -0.05) is 30.2 Å². The van der Waals surface area contributed by atoms with Crippen molar-refractivity contribution in [1.29, 1.82) is 0 Å². The molecule has 0 aliphatic carbocycles. The molecule has 5 heteroatoms. The smallest absolute Gasteiger partial charge is 0.416 e. The molecule has 0 aliphatic rings. The number of alkyl halides is 3. The molecule has 0 amide bonds. The first kappa shape index (κ1) is 19.9. The van der Waals surface area contributed by atoms with Crippen LogP contribution < -0.4 is 4.74 Å². The average molecular weight is 361 g/mol. The van der Waals surface area contributed by atoms with Gasteiger partial charge in [-0.05, 0) is 55.8 Å². The fourth-order valence-electron chi connectivity index (χ4n) is 2.52. The lowest BCUT2D eigenvalue weighted by Gasteiger charge is -2.22. The molecule has 0 radical (unpaired) electrons. The molecular formula is C21H22F3NO. The Morgan fingerprint density at radius 3 is 2.42 bits per heavy atom. The van der Waals surface area contributed by atoms with E-state index in [1.54, 1.807) is 6.07 Å². The number of hydrogen-bond acceptors (Lipinski definition) is 2. The Morgan fingerprint density at radius 1 is 1.12 bits per heavy atom. The van der Waals surface area contributed by atoms with Gasteiger partial charge in [0.1, 0.15) is 12.4 Å². The first-order chi connectivity index (χ1) is 12.3. The van der Waals surface area contributed by atoms with Gasteiger partial charge in [0, 0.05) is 6.04 Å². The summed E-state index contributed by atoms with van der Waals surface area (Å²) in [5, 5.41) is 0. The molecule has 0 spiro atoms. The molecule has 0 saturated heterocycles. The molecule has 1 unspecified atom stereocenters. The van der Waals surface area contributed by atoms with E-state index < -0.39 is 11.7 Å². The zero-order chi connectivity index (χ0) is 19.2. The number of nitrogens with zero attached hydrogens (tertiary/aromatic N) is 1. The number of benzene rings is 2. The molecule has 0 fully saturated rings. The molecule has 0 aromatic heterocycles. The Morgan fingerprint density at radius 2 is 1.81 bits per heavy atom. The molecule has 2 aromatic rings. The lowest BCUT2D eigenvalue weighted by molar-refractivity contribution is -0.137. The molecular weight excluding hydrogens is 339 g/mol. The minimum Gasteiger partial charge on any atom is -0.489 e. The van der Waals surface area contributed by atoms with Crippen molar-refractivity contribution < 1.29 is 17.9 Å². The second-order valence-corrected chi connectivity index (χ2v) is 6.30. The molecule has 0 N–H and O–H groups in total. The zero-order valence-corrected chi connectivity index (χ0v) is 14.9. The van der Waals surface area contributed by atoms with Gasteiger partial charge in [0.15, 0.2) is 0 Å². The van der Waals surface area contributed by atoms with Gasteiger partial charge in [-0.2, -0.15) is 13.2 Å². The van der Waals surface area contributed by atoms with Crippen LogP contribution in [0.3, 0.4) is 0 Å². The topological polar surface area (TPSA) is 12.5 Å². The van der Waals surface area contributed by atoms with Crippen molar-refractivity contribution in [3.63, 3.8) is 0 Å². The average Bonchev–Trinajstić information content (AvgIpc) is 2.61. The van der Waals surface area contributed by atoms with E-state index in [0.717, 1.165) is 24.1 Å². The number of likely N-dealkylation sites (N-methyl/N-ethyl adjacent to an activating group) is 1. The molecule has 0 saturated carbocycles. The molecule has 0 aliphatic heterocycles. The Labute approximate surface area is 152 Å². The molecule has 2 nitrogen and oxygen atoms in total. The molecule has 2 aromatic carbocycles. The maximum Gasteiger partial charge on any atom is 0.416 e. The molecule has 26 heavy (non-hydrogen) atoms. The van der Waals surface area contributed by atoms with Crippen LogP contribution in [0.25, 0.3) is 0 Å². The largest absolute Gasteiger partial charge is 0.489 e. The highest BCUT2D eigenvalue weighted by atomic mass is 19.4. The molecule has 0 heterocycles. The standard InChI is InChI=1S/C21H22F3NO/c1-4-12-25(3)16(2)13-17-8-10-20(11-9-17)26-15-18-6-5-7-19(14-18)21(22,23)24/h1,5-11,14,16H,12-13,15H2,2-3H3. The van der Waals surface area contributed by atoms with Gasteiger partial charge in [0.05, 0.1) is 12.1 Å². The SMILES string of the molecule is C#CCN(C)C(C)Cc1ccc(OCc2cccc(C(F)(F)F)c2)cc1. The van der Waals surface area contributed by atoms with Gasteiger partial charge < -0.3 is 4.74 Å². The highest BCUT2D eigenvalue weighted by Gasteiger charge is 2.30. The third kappa shape index (κ3) is 5.82. The number of ether oxygens (including phenoxy) is 1. The van der Waals surface area contributed by atoms with Crippen molar-refractivity contribution in [2.45, 2.75) is 32.2 Å². The van der Waals surface area contributed by atoms with Crippen molar-refractivity contribution in [1.82, 2.24) is 4.90 Å². The van der Waals surface area contributed by atoms with Crippen LogP contribution in [0.2, 0.25) is 0 Å². The van der Waals surface area contributed by atoms with E-state index in [4.69, 9.17) is 11.2 Å². The number of rotatable bonds is 7. The van der Waals surface area contributed by atoms with Crippen molar-refractivity contribution in [2.75, 3.05) is 13.6 Å². The van der Waals surface area contributed by atoms with Crippen LogP contribution in [0.5, 0.6) is 5.75 Å². The first-order valence-electron chi connectivity index (χ1n) is 8.31. The minimum atomic E-state index is -4.35. The number of halogens is 3. The second kappa shape index (κ2) is 8.77. The van der Waals surface area contributed by atoms with E-state index in [1.165, 1.54) is 6.07 Å². The van der Waals surface area contributed by atoms with Crippen LogP contribution >= 0.6 is 0 Å².